The molecule has 2 heterocycles. The summed E-state index contributed by atoms with van der Waals surface area (Å²) in [5.41, 5.74) is 3.10. The van der Waals surface area contributed by atoms with Gasteiger partial charge < -0.3 is 10.6 Å². The number of rotatable bonds is 0. The molecule has 1 spiro atoms. The van der Waals surface area contributed by atoms with Crippen LogP contribution in [0, 0.1) is 6.92 Å². The fourth-order valence-electron chi connectivity index (χ4n) is 2.64. The summed E-state index contributed by atoms with van der Waals surface area (Å²) in [6.45, 7) is 3.77. The lowest BCUT2D eigenvalue weighted by molar-refractivity contribution is -0.120. The number of benzene rings is 1. The van der Waals surface area contributed by atoms with Crippen LogP contribution in [0.1, 0.15) is 17.5 Å². The van der Waals surface area contributed by atoms with Crippen molar-refractivity contribution in [3.63, 3.8) is 0 Å². The van der Waals surface area contributed by atoms with Crippen LogP contribution in [0.15, 0.2) is 18.2 Å². The summed E-state index contributed by atoms with van der Waals surface area (Å²) >= 11 is 0. The van der Waals surface area contributed by atoms with E-state index < -0.39 is 0 Å². The van der Waals surface area contributed by atoms with Crippen LogP contribution >= 0.6 is 0 Å². The molecule has 2 aliphatic heterocycles. The number of aryl methyl sites for hydroxylation is 1. The van der Waals surface area contributed by atoms with E-state index in [2.05, 4.69) is 23.6 Å². The first-order valence-electron chi connectivity index (χ1n) is 5.36. The van der Waals surface area contributed by atoms with Gasteiger partial charge in [-0.1, -0.05) is 17.7 Å². The van der Waals surface area contributed by atoms with Crippen molar-refractivity contribution in [1.82, 2.24) is 5.32 Å². The third kappa shape index (κ3) is 1.07. The molecule has 2 aliphatic rings. The van der Waals surface area contributed by atoms with Gasteiger partial charge in [-0.05, 0) is 31.5 Å². The molecule has 0 bridgehead atoms. The van der Waals surface area contributed by atoms with Crippen molar-refractivity contribution < 1.29 is 4.79 Å². The molecule has 78 valence electrons. The minimum atomic E-state index is -0.290. The molecule has 1 aromatic rings. The van der Waals surface area contributed by atoms with Crippen LogP contribution < -0.4 is 10.6 Å². The molecule has 1 amide bonds. The van der Waals surface area contributed by atoms with Crippen molar-refractivity contribution in [2.24, 2.45) is 0 Å². The smallest absolute Gasteiger partial charge is 0.236 e. The average molecular weight is 202 g/mol. The first kappa shape index (κ1) is 8.92. The number of amides is 1. The van der Waals surface area contributed by atoms with Gasteiger partial charge in [-0.15, -0.1) is 0 Å². The van der Waals surface area contributed by atoms with Crippen molar-refractivity contribution in [3.05, 3.63) is 29.3 Å². The largest absolute Gasteiger partial charge is 0.325 e. The van der Waals surface area contributed by atoms with Crippen LogP contribution in [0.3, 0.4) is 0 Å². The Morgan fingerprint density at radius 3 is 3.00 bits per heavy atom. The van der Waals surface area contributed by atoms with E-state index in [1.807, 2.05) is 12.1 Å². The number of anilines is 1. The molecule has 3 nitrogen and oxygen atoms in total. The van der Waals surface area contributed by atoms with E-state index in [9.17, 15) is 4.79 Å². The quantitative estimate of drug-likeness (QED) is 0.663. The molecule has 1 fully saturated rings. The Kier molecular flexibility index (Phi) is 1.68. The van der Waals surface area contributed by atoms with E-state index in [1.165, 1.54) is 11.1 Å². The number of fused-ring (bicyclic) bond motifs is 2. The Hall–Kier alpha value is -1.35. The summed E-state index contributed by atoms with van der Waals surface area (Å²) in [7, 11) is 0. The maximum atomic E-state index is 12.0. The van der Waals surface area contributed by atoms with Gasteiger partial charge in [0.15, 0.2) is 0 Å². The predicted molar refractivity (Wildman–Crippen MR) is 59.0 cm³/mol. The minimum absolute atomic E-state index is 0.160. The van der Waals surface area contributed by atoms with Gasteiger partial charge in [-0.2, -0.15) is 0 Å². The highest BCUT2D eigenvalue weighted by Crippen LogP contribution is 2.42. The Balaban J connectivity index is 2.19. The van der Waals surface area contributed by atoms with Gasteiger partial charge in [0.1, 0.15) is 0 Å². The van der Waals surface area contributed by atoms with Gasteiger partial charge in [-0.3, -0.25) is 4.79 Å². The molecule has 2 N–H and O–H groups in total. The zero-order valence-corrected chi connectivity index (χ0v) is 8.76. The SMILES string of the molecule is Cc1ccc2c(c1)[C@]1(CCNC1)C(=O)N2. The summed E-state index contributed by atoms with van der Waals surface area (Å²) in [6.07, 6.45) is 0.912. The third-order valence-electron chi connectivity index (χ3n) is 3.53. The van der Waals surface area contributed by atoms with Gasteiger partial charge in [-0.25, -0.2) is 0 Å². The fraction of sp³-hybridized carbons (Fsp3) is 0.417. The number of hydrogen-bond acceptors (Lipinski definition) is 2. The second kappa shape index (κ2) is 2.83. The number of carbonyl (C=O) groups is 1. The summed E-state index contributed by atoms with van der Waals surface area (Å²) in [5, 5.41) is 6.26. The molecule has 0 aromatic heterocycles. The van der Waals surface area contributed by atoms with Crippen molar-refractivity contribution in [2.75, 3.05) is 18.4 Å². The number of carbonyl (C=O) groups excluding carboxylic acids is 1. The third-order valence-corrected chi connectivity index (χ3v) is 3.53. The highest BCUT2D eigenvalue weighted by Gasteiger charge is 2.48. The zero-order valence-electron chi connectivity index (χ0n) is 8.76. The molecular formula is C12H14N2O. The maximum Gasteiger partial charge on any atom is 0.236 e. The molecule has 3 heteroatoms. The van der Waals surface area contributed by atoms with Crippen molar-refractivity contribution in [2.45, 2.75) is 18.8 Å². The highest BCUT2D eigenvalue weighted by atomic mass is 16.2. The molecule has 0 saturated carbocycles. The van der Waals surface area contributed by atoms with E-state index >= 15 is 0 Å². The summed E-state index contributed by atoms with van der Waals surface area (Å²) in [5.74, 6) is 0.160. The lowest BCUT2D eigenvalue weighted by Gasteiger charge is -2.19. The van der Waals surface area contributed by atoms with E-state index in [0.29, 0.717) is 0 Å². The van der Waals surface area contributed by atoms with Crippen molar-refractivity contribution in [3.8, 4) is 0 Å². The topological polar surface area (TPSA) is 41.1 Å². The van der Waals surface area contributed by atoms with E-state index in [0.717, 1.165) is 25.2 Å². The Bertz CT molecular complexity index is 433. The van der Waals surface area contributed by atoms with Crippen LogP contribution in [-0.4, -0.2) is 19.0 Å². The lowest BCUT2D eigenvalue weighted by atomic mass is 9.80. The van der Waals surface area contributed by atoms with Crippen LogP contribution in [-0.2, 0) is 10.2 Å². The molecule has 15 heavy (non-hydrogen) atoms. The van der Waals surface area contributed by atoms with Crippen LogP contribution in [0.5, 0.6) is 0 Å². The predicted octanol–water partition coefficient (Wildman–Crippen LogP) is 1.18. The number of hydrogen-bond donors (Lipinski definition) is 2. The van der Waals surface area contributed by atoms with Crippen LogP contribution in [0.25, 0.3) is 0 Å². The molecule has 1 saturated heterocycles. The zero-order chi connectivity index (χ0) is 10.5. The molecule has 0 unspecified atom stereocenters. The Morgan fingerprint density at radius 1 is 1.40 bits per heavy atom. The molecule has 3 rings (SSSR count). The lowest BCUT2D eigenvalue weighted by Crippen LogP contribution is -2.36. The summed E-state index contributed by atoms with van der Waals surface area (Å²) in [6, 6.07) is 6.19. The molecule has 0 aliphatic carbocycles. The van der Waals surface area contributed by atoms with E-state index in [1.54, 1.807) is 0 Å². The van der Waals surface area contributed by atoms with E-state index in [-0.39, 0.29) is 11.3 Å². The molecule has 1 atom stereocenters. The number of nitrogens with one attached hydrogen (secondary N) is 2. The van der Waals surface area contributed by atoms with Gasteiger partial charge in [0.2, 0.25) is 5.91 Å². The van der Waals surface area contributed by atoms with Crippen molar-refractivity contribution >= 4 is 11.6 Å². The minimum Gasteiger partial charge on any atom is -0.325 e. The highest BCUT2D eigenvalue weighted by molar-refractivity contribution is 6.06. The van der Waals surface area contributed by atoms with Crippen molar-refractivity contribution in [1.29, 1.82) is 0 Å². The van der Waals surface area contributed by atoms with Gasteiger partial charge in [0.25, 0.3) is 0 Å². The average Bonchev–Trinajstić information content (AvgIpc) is 2.78. The maximum absolute atomic E-state index is 12.0. The second-order valence-electron chi connectivity index (χ2n) is 4.51. The van der Waals surface area contributed by atoms with Crippen LogP contribution in [0.4, 0.5) is 5.69 Å². The van der Waals surface area contributed by atoms with E-state index in [4.69, 9.17) is 0 Å². The van der Waals surface area contributed by atoms with Gasteiger partial charge in [0.05, 0.1) is 5.41 Å². The Labute approximate surface area is 88.9 Å². The van der Waals surface area contributed by atoms with Gasteiger partial charge >= 0.3 is 0 Å². The van der Waals surface area contributed by atoms with Gasteiger partial charge in [0, 0.05) is 12.2 Å². The monoisotopic (exact) mass is 202 g/mol. The second-order valence-corrected chi connectivity index (χ2v) is 4.51. The fourth-order valence-corrected chi connectivity index (χ4v) is 2.64. The molecule has 1 aromatic carbocycles. The summed E-state index contributed by atoms with van der Waals surface area (Å²) < 4.78 is 0. The first-order valence-corrected chi connectivity index (χ1v) is 5.36. The van der Waals surface area contributed by atoms with Crippen LogP contribution in [0.2, 0.25) is 0 Å². The Morgan fingerprint density at radius 2 is 2.27 bits per heavy atom. The standard InChI is InChI=1S/C12H14N2O/c1-8-2-3-10-9(6-8)12(11(15)14-10)4-5-13-7-12/h2-3,6,13H,4-5,7H2,1H3,(H,14,15)/t12-/m1/s1. The summed E-state index contributed by atoms with van der Waals surface area (Å²) in [4.78, 5) is 12.0. The molecule has 0 radical (unpaired) electrons. The first-order chi connectivity index (χ1) is 7.22. The molecular weight excluding hydrogens is 188 g/mol. The normalized spacial score (nSPS) is 28.2.